The standard InChI is InChI=1S/C15H19NO4S/c1-4-5-8-21(18,19)16-12-6-7-14-13(9-12)15(10(2)17)11(3)20-14/h6-7,9,16H,4-5,8H2,1-3H3. The Bertz CT molecular complexity index is 774. The third-order valence-electron chi connectivity index (χ3n) is 3.26. The second-order valence-electron chi connectivity index (χ2n) is 5.07. The van der Waals surface area contributed by atoms with Crippen LogP contribution in [0.5, 0.6) is 0 Å². The van der Waals surface area contributed by atoms with Gasteiger partial charge in [0.1, 0.15) is 11.3 Å². The van der Waals surface area contributed by atoms with Crippen LogP contribution >= 0.6 is 0 Å². The van der Waals surface area contributed by atoms with Gasteiger partial charge in [-0.25, -0.2) is 8.42 Å². The number of hydrogen-bond acceptors (Lipinski definition) is 4. The lowest BCUT2D eigenvalue weighted by molar-refractivity contribution is 0.101. The van der Waals surface area contributed by atoms with E-state index in [0.29, 0.717) is 34.4 Å². The number of ketones is 1. The monoisotopic (exact) mass is 309 g/mol. The van der Waals surface area contributed by atoms with Gasteiger partial charge in [-0.05, 0) is 38.5 Å². The summed E-state index contributed by atoms with van der Waals surface area (Å²) < 4.78 is 31.9. The van der Waals surface area contributed by atoms with E-state index in [4.69, 9.17) is 4.42 Å². The average Bonchev–Trinajstić information content (AvgIpc) is 2.71. The van der Waals surface area contributed by atoms with Gasteiger partial charge in [0.25, 0.3) is 0 Å². The highest BCUT2D eigenvalue weighted by Crippen LogP contribution is 2.28. The quantitative estimate of drug-likeness (QED) is 0.829. The maximum atomic E-state index is 11.9. The molecule has 0 bridgehead atoms. The molecule has 0 radical (unpaired) electrons. The fraction of sp³-hybridized carbons (Fsp3) is 0.400. The number of sulfonamides is 1. The molecule has 1 aromatic heterocycles. The summed E-state index contributed by atoms with van der Waals surface area (Å²) in [4.78, 5) is 11.7. The van der Waals surface area contributed by atoms with Crippen molar-refractivity contribution in [2.45, 2.75) is 33.6 Å². The summed E-state index contributed by atoms with van der Waals surface area (Å²) in [6, 6.07) is 4.96. The summed E-state index contributed by atoms with van der Waals surface area (Å²) in [5.41, 5.74) is 1.52. The summed E-state index contributed by atoms with van der Waals surface area (Å²) in [6.45, 7) is 5.13. The van der Waals surface area contributed by atoms with Gasteiger partial charge in [0.2, 0.25) is 10.0 Å². The molecule has 0 amide bonds. The molecule has 1 heterocycles. The molecular weight excluding hydrogens is 290 g/mol. The summed E-state index contributed by atoms with van der Waals surface area (Å²) in [5.74, 6) is 0.534. The van der Waals surface area contributed by atoms with Crippen molar-refractivity contribution >= 4 is 32.5 Å². The zero-order valence-corrected chi connectivity index (χ0v) is 13.2. The first-order valence-corrected chi connectivity index (χ1v) is 8.54. The second kappa shape index (κ2) is 5.89. The Morgan fingerprint density at radius 1 is 1.33 bits per heavy atom. The molecule has 0 fully saturated rings. The zero-order chi connectivity index (χ0) is 15.6. The zero-order valence-electron chi connectivity index (χ0n) is 12.4. The van der Waals surface area contributed by atoms with Gasteiger partial charge in [0.05, 0.1) is 11.3 Å². The number of carbonyl (C=O) groups excluding carboxylic acids is 1. The minimum absolute atomic E-state index is 0.0888. The van der Waals surface area contributed by atoms with Crippen LogP contribution in [0.2, 0.25) is 0 Å². The molecule has 6 heteroatoms. The van der Waals surface area contributed by atoms with Gasteiger partial charge in [-0.2, -0.15) is 0 Å². The predicted octanol–water partition coefficient (Wildman–Crippen LogP) is 3.49. The summed E-state index contributed by atoms with van der Waals surface area (Å²) >= 11 is 0. The van der Waals surface area contributed by atoms with E-state index in [1.165, 1.54) is 6.92 Å². The third-order valence-corrected chi connectivity index (χ3v) is 4.63. The first-order chi connectivity index (χ1) is 9.84. The molecule has 1 N–H and O–H groups in total. The van der Waals surface area contributed by atoms with Crippen molar-refractivity contribution in [3.05, 3.63) is 29.5 Å². The highest BCUT2D eigenvalue weighted by Gasteiger charge is 2.16. The van der Waals surface area contributed by atoms with Gasteiger partial charge in [0, 0.05) is 11.1 Å². The van der Waals surface area contributed by atoms with Crippen LogP contribution in [0, 0.1) is 6.92 Å². The topological polar surface area (TPSA) is 76.4 Å². The second-order valence-corrected chi connectivity index (χ2v) is 6.92. The Hall–Kier alpha value is -1.82. The van der Waals surface area contributed by atoms with Crippen LogP contribution in [-0.2, 0) is 10.0 Å². The lowest BCUT2D eigenvalue weighted by atomic mass is 10.1. The fourth-order valence-electron chi connectivity index (χ4n) is 2.29. The molecule has 114 valence electrons. The van der Waals surface area contributed by atoms with E-state index in [9.17, 15) is 13.2 Å². The molecule has 0 saturated heterocycles. The van der Waals surface area contributed by atoms with Gasteiger partial charge >= 0.3 is 0 Å². The van der Waals surface area contributed by atoms with Crippen LogP contribution in [0.25, 0.3) is 11.0 Å². The Labute approximate surface area is 124 Å². The Kier molecular flexibility index (Phi) is 4.37. The first-order valence-electron chi connectivity index (χ1n) is 6.88. The fourth-order valence-corrected chi connectivity index (χ4v) is 3.54. The van der Waals surface area contributed by atoms with Crippen LogP contribution in [0.15, 0.2) is 22.6 Å². The third kappa shape index (κ3) is 3.44. The van der Waals surface area contributed by atoms with Gasteiger partial charge in [-0.3, -0.25) is 9.52 Å². The number of anilines is 1. The number of aryl methyl sites for hydroxylation is 1. The first kappa shape index (κ1) is 15.6. The van der Waals surface area contributed by atoms with Crippen molar-refractivity contribution < 1.29 is 17.6 Å². The molecule has 21 heavy (non-hydrogen) atoms. The van der Waals surface area contributed by atoms with Crippen LogP contribution in [0.3, 0.4) is 0 Å². The largest absolute Gasteiger partial charge is 0.461 e. The number of fused-ring (bicyclic) bond motifs is 1. The van der Waals surface area contributed by atoms with Gasteiger partial charge in [0.15, 0.2) is 5.78 Å². The predicted molar refractivity (Wildman–Crippen MR) is 83.3 cm³/mol. The molecular formula is C15H19NO4S. The van der Waals surface area contributed by atoms with E-state index >= 15 is 0 Å². The van der Waals surface area contributed by atoms with E-state index in [-0.39, 0.29) is 11.5 Å². The van der Waals surface area contributed by atoms with E-state index in [2.05, 4.69) is 4.72 Å². The maximum absolute atomic E-state index is 11.9. The van der Waals surface area contributed by atoms with Crippen LogP contribution in [0.1, 0.15) is 42.8 Å². The number of nitrogens with one attached hydrogen (secondary N) is 1. The molecule has 0 spiro atoms. The van der Waals surface area contributed by atoms with Crippen molar-refractivity contribution in [1.82, 2.24) is 0 Å². The number of Topliss-reactive ketones (excluding diaryl/α,β-unsaturated/α-hetero) is 1. The summed E-state index contributed by atoms with van der Waals surface area (Å²) in [6.07, 6.45) is 1.43. The molecule has 0 atom stereocenters. The lowest BCUT2D eigenvalue weighted by Gasteiger charge is -2.07. The van der Waals surface area contributed by atoms with E-state index in [0.717, 1.165) is 6.42 Å². The number of unbranched alkanes of at least 4 members (excludes halogenated alkanes) is 1. The molecule has 2 aromatic rings. The molecule has 0 saturated carbocycles. The number of hydrogen-bond donors (Lipinski definition) is 1. The Morgan fingerprint density at radius 3 is 2.67 bits per heavy atom. The highest BCUT2D eigenvalue weighted by atomic mass is 32.2. The van der Waals surface area contributed by atoms with Crippen LogP contribution in [0.4, 0.5) is 5.69 Å². The molecule has 0 unspecified atom stereocenters. The number of benzene rings is 1. The van der Waals surface area contributed by atoms with Crippen molar-refractivity contribution in [3.63, 3.8) is 0 Å². The van der Waals surface area contributed by atoms with Crippen molar-refractivity contribution in [2.24, 2.45) is 0 Å². The number of rotatable bonds is 6. The van der Waals surface area contributed by atoms with Crippen LogP contribution in [-0.4, -0.2) is 20.0 Å². The van der Waals surface area contributed by atoms with Crippen molar-refractivity contribution in [2.75, 3.05) is 10.5 Å². The minimum Gasteiger partial charge on any atom is -0.461 e. The maximum Gasteiger partial charge on any atom is 0.232 e. The van der Waals surface area contributed by atoms with Gasteiger partial charge in [-0.1, -0.05) is 13.3 Å². The number of carbonyl (C=O) groups is 1. The molecule has 2 rings (SSSR count). The normalized spacial score (nSPS) is 11.8. The smallest absolute Gasteiger partial charge is 0.232 e. The summed E-state index contributed by atoms with van der Waals surface area (Å²) in [5, 5.41) is 0.635. The van der Waals surface area contributed by atoms with Crippen molar-refractivity contribution in [3.8, 4) is 0 Å². The highest BCUT2D eigenvalue weighted by molar-refractivity contribution is 7.92. The van der Waals surface area contributed by atoms with Crippen LogP contribution < -0.4 is 4.72 Å². The average molecular weight is 309 g/mol. The Balaban J connectivity index is 2.39. The Morgan fingerprint density at radius 2 is 2.05 bits per heavy atom. The van der Waals surface area contributed by atoms with E-state index in [1.54, 1.807) is 25.1 Å². The SMILES string of the molecule is CCCCS(=O)(=O)Nc1ccc2oc(C)c(C(C)=O)c2c1. The van der Waals surface area contributed by atoms with E-state index < -0.39 is 10.0 Å². The molecule has 1 aromatic carbocycles. The molecule has 0 aliphatic heterocycles. The molecule has 0 aliphatic rings. The molecule has 5 nitrogen and oxygen atoms in total. The van der Waals surface area contributed by atoms with E-state index in [1.807, 2.05) is 6.92 Å². The lowest BCUT2D eigenvalue weighted by Crippen LogP contribution is -2.16. The van der Waals surface area contributed by atoms with Gasteiger partial charge < -0.3 is 4.42 Å². The minimum atomic E-state index is -3.36. The molecule has 0 aliphatic carbocycles. The summed E-state index contributed by atoms with van der Waals surface area (Å²) in [7, 11) is -3.36. The van der Waals surface area contributed by atoms with Gasteiger partial charge in [-0.15, -0.1) is 0 Å². The number of furan rings is 1. The van der Waals surface area contributed by atoms with Crippen molar-refractivity contribution in [1.29, 1.82) is 0 Å².